The van der Waals surface area contributed by atoms with Gasteiger partial charge in [0.25, 0.3) is 0 Å². The van der Waals surface area contributed by atoms with Crippen molar-refractivity contribution < 1.29 is 0 Å². The van der Waals surface area contributed by atoms with Crippen LogP contribution in [0, 0.1) is 9.81 Å². The highest BCUT2D eigenvalue weighted by molar-refractivity contribution is 6.57. The van der Waals surface area contributed by atoms with E-state index >= 15 is 0 Å². The van der Waals surface area contributed by atoms with Crippen LogP contribution in [0.4, 0.5) is 0 Å². The molecule has 1 aliphatic rings. The standard InChI is InChI=1S/C3H5BN2O2/c7-5-4(6-8)3-1-2-3/h3H,1-2H2. The summed E-state index contributed by atoms with van der Waals surface area (Å²) in [5.41, 5.74) is 0. The van der Waals surface area contributed by atoms with Crippen molar-refractivity contribution in [1.82, 2.24) is 0 Å². The molecule has 0 heterocycles. The molecule has 0 radical (unpaired) electrons. The fourth-order valence-electron chi connectivity index (χ4n) is 0.586. The highest BCUT2D eigenvalue weighted by Crippen LogP contribution is 2.39. The number of rotatable bonds is 3. The minimum atomic E-state index is -0.796. The first kappa shape index (κ1) is 5.40. The summed E-state index contributed by atoms with van der Waals surface area (Å²) in [4.78, 5) is 19.3. The van der Waals surface area contributed by atoms with E-state index in [1.807, 2.05) is 0 Å². The topological polar surface area (TPSA) is 58.9 Å². The summed E-state index contributed by atoms with van der Waals surface area (Å²) in [5, 5.41) is 5.08. The molecule has 0 spiro atoms. The van der Waals surface area contributed by atoms with E-state index in [4.69, 9.17) is 0 Å². The van der Waals surface area contributed by atoms with Crippen LogP contribution in [0.5, 0.6) is 0 Å². The minimum absolute atomic E-state index is 0.171. The summed E-state index contributed by atoms with van der Waals surface area (Å²) >= 11 is 0. The van der Waals surface area contributed by atoms with E-state index in [-0.39, 0.29) is 5.82 Å². The first-order valence-corrected chi connectivity index (χ1v) is 2.53. The van der Waals surface area contributed by atoms with E-state index in [1.54, 1.807) is 0 Å². The molecular formula is C3H5BN2O2. The second-order valence-electron chi connectivity index (χ2n) is 1.96. The lowest BCUT2D eigenvalue weighted by Gasteiger charge is -1.82. The predicted molar refractivity (Wildman–Crippen MR) is 30.3 cm³/mol. The number of hydrogen-bond acceptors (Lipinski definition) is 4. The van der Waals surface area contributed by atoms with Gasteiger partial charge in [0.05, 0.1) is 0 Å². The average molecular weight is 112 g/mol. The largest absolute Gasteiger partial charge is 0.520 e. The van der Waals surface area contributed by atoms with Gasteiger partial charge in [-0.25, -0.2) is 0 Å². The van der Waals surface area contributed by atoms with Gasteiger partial charge in [0.1, 0.15) is 0 Å². The zero-order chi connectivity index (χ0) is 5.98. The fraction of sp³-hybridized carbons (Fsp3) is 1.00. The zero-order valence-corrected chi connectivity index (χ0v) is 4.28. The SMILES string of the molecule is O=NB(N=O)C1CC1. The molecule has 42 valence electrons. The molecule has 1 aliphatic carbocycles. The van der Waals surface area contributed by atoms with Crippen molar-refractivity contribution in [3.8, 4) is 0 Å². The van der Waals surface area contributed by atoms with Gasteiger partial charge >= 0.3 is 6.98 Å². The summed E-state index contributed by atoms with van der Waals surface area (Å²) in [7, 11) is 0. The molecule has 0 atom stereocenters. The third kappa shape index (κ3) is 0.909. The van der Waals surface area contributed by atoms with E-state index in [2.05, 4.69) is 10.2 Å². The van der Waals surface area contributed by atoms with Gasteiger partial charge in [-0.15, -0.1) is 10.2 Å². The van der Waals surface area contributed by atoms with Gasteiger partial charge in [-0.3, -0.25) is 0 Å². The maximum atomic E-state index is 9.67. The minimum Gasteiger partial charge on any atom is -0.165 e. The van der Waals surface area contributed by atoms with Crippen LogP contribution in [0.15, 0.2) is 10.2 Å². The lowest BCUT2D eigenvalue weighted by atomic mass is 9.74. The van der Waals surface area contributed by atoms with Gasteiger partial charge in [-0.2, -0.15) is 9.81 Å². The third-order valence-corrected chi connectivity index (χ3v) is 1.26. The van der Waals surface area contributed by atoms with Crippen molar-refractivity contribution in [2.75, 3.05) is 0 Å². The van der Waals surface area contributed by atoms with Gasteiger partial charge in [0.2, 0.25) is 0 Å². The Labute approximate surface area is 46.7 Å². The fourth-order valence-corrected chi connectivity index (χ4v) is 0.586. The lowest BCUT2D eigenvalue weighted by molar-refractivity contribution is 1.31. The third-order valence-electron chi connectivity index (χ3n) is 1.26. The molecule has 0 unspecified atom stereocenters. The van der Waals surface area contributed by atoms with E-state index < -0.39 is 6.98 Å². The van der Waals surface area contributed by atoms with Gasteiger partial charge in [-0.05, 0) is 5.82 Å². The molecule has 0 aromatic heterocycles. The Morgan fingerprint density at radius 1 is 1.25 bits per heavy atom. The molecular weight excluding hydrogens is 107 g/mol. The number of hydrogen-bond donors (Lipinski definition) is 0. The van der Waals surface area contributed by atoms with E-state index in [1.165, 1.54) is 0 Å². The molecule has 4 nitrogen and oxygen atoms in total. The van der Waals surface area contributed by atoms with Crippen molar-refractivity contribution in [3.05, 3.63) is 9.81 Å². The highest BCUT2D eigenvalue weighted by atomic mass is 16.3. The average Bonchev–Trinajstić information content (AvgIpc) is 2.53. The van der Waals surface area contributed by atoms with Crippen LogP contribution in [-0.4, -0.2) is 6.98 Å². The summed E-state index contributed by atoms with van der Waals surface area (Å²) in [6.07, 6.45) is 1.87. The zero-order valence-electron chi connectivity index (χ0n) is 4.28. The number of nitroso groups, excluding NO2 is 2. The Balaban J connectivity index is 2.36. The molecule has 1 fully saturated rings. The molecule has 0 saturated heterocycles. The smallest absolute Gasteiger partial charge is 0.165 e. The van der Waals surface area contributed by atoms with Crippen LogP contribution < -0.4 is 0 Å². The molecule has 5 heteroatoms. The second-order valence-corrected chi connectivity index (χ2v) is 1.96. The Bertz CT molecular complexity index is 106. The van der Waals surface area contributed by atoms with Gasteiger partial charge in [-0.1, -0.05) is 12.8 Å². The van der Waals surface area contributed by atoms with Gasteiger partial charge in [0.15, 0.2) is 0 Å². The van der Waals surface area contributed by atoms with Crippen molar-refractivity contribution in [2.45, 2.75) is 18.7 Å². The summed E-state index contributed by atoms with van der Waals surface area (Å²) in [5.74, 6) is 0.171. The predicted octanol–water partition coefficient (Wildman–Crippen LogP) is 1.17. The maximum absolute atomic E-state index is 9.67. The molecule has 0 aliphatic heterocycles. The van der Waals surface area contributed by atoms with Crippen LogP contribution in [0.3, 0.4) is 0 Å². The Hall–Kier alpha value is -0.735. The second kappa shape index (κ2) is 2.02. The van der Waals surface area contributed by atoms with Crippen molar-refractivity contribution in [3.63, 3.8) is 0 Å². The van der Waals surface area contributed by atoms with Crippen molar-refractivity contribution in [1.29, 1.82) is 0 Å². The van der Waals surface area contributed by atoms with E-state index in [0.717, 1.165) is 12.8 Å². The van der Waals surface area contributed by atoms with Crippen molar-refractivity contribution >= 4 is 6.98 Å². The van der Waals surface area contributed by atoms with Gasteiger partial charge in [0, 0.05) is 0 Å². The summed E-state index contributed by atoms with van der Waals surface area (Å²) in [6, 6.07) is 0. The summed E-state index contributed by atoms with van der Waals surface area (Å²) < 4.78 is 0. The van der Waals surface area contributed by atoms with Crippen LogP contribution in [0.25, 0.3) is 0 Å². The first-order valence-electron chi connectivity index (χ1n) is 2.53. The van der Waals surface area contributed by atoms with E-state index in [9.17, 15) is 9.81 Å². The normalized spacial score (nSPS) is 17.5. The highest BCUT2D eigenvalue weighted by Gasteiger charge is 2.39. The molecule has 0 N–H and O–H groups in total. The molecule has 0 amide bonds. The lowest BCUT2D eigenvalue weighted by Crippen LogP contribution is -2.02. The molecule has 0 bridgehead atoms. The van der Waals surface area contributed by atoms with Crippen LogP contribution >= 0.6 is 0 Å². The first-order chi connectivity index (χ1) is 3.88. The van der Waals surface area contributed by atoms with Crippen LogP contribution in [0.1, 0.15) is 12.8 Å². The molecule has 8 heavy (non-hydrogen) atoms. The molecule has 0 aromatic carbocycles. The van der Waals surface area contributed by atoms with Crippen LogP contribution in [0.2, 0.25) is 5.82 Å². The molecule has 0 aromatic rings. The van der Waals surface area contributed by atoms with Crippen LogP contribution in [-0.2, 0) is 0 Å². The monoisotopic (exact) mass is 112 g/mol. The molecule has 1 rings (SSSR count). The summed E-state index contributed by atoms with van der Waals surface area (Å²) in [6.45, 7) is -0.796. The van der Waals surface area contributed by atoms with Gasteiger partial charge < -0.3 is 0 Å². The Kier molecular flexibility index (Phi) is 1.37. The van der Waals surface area contributed by atoms with E-state index in [0.29, 0.717) is 0 Å². The Morgan fingerprint density at radius 2 is 1.75 bits per heavy atom. The number of nitrogens with zero attached hydrogens (tertiary/aromatic N) is 2. The Morgan fingerprint density at radius 3 is 1.88 bits per heavy atom. The van der Waals surface area contributed by atoms with Crippen molar-refractivity contribution in [2.24, 2.45) is 10.2 Å². The quantitative estimate of drug-likeness (QED) is 0.406. The maximum Gasteiger partial charge on any atom is 0.520 e. The molecule has 1 saturated carbocycles.